The molecule has 0 saturated carbocycles. The molecule has 4 aromatic rings. The van der Waals surface area contributed by atoms with Crippen molar-refractivity contribution in [1.29, 1.82) is 0 Å². The number of rotatable bonds is 6. The molecule has 1 aliphatic heterocycles. The summed E-state index contributed by atoms with van der Waals surface area (Å²) in [7, 11) is 1.78. The van der Waals surface area contributed by atoms with Crippen molar-refractivity contribution in [2.75, 3.05) is 13.1 Å². The van der Waals surface area contributed by atoms with E-state index in [2.05, 4.69) is 22.2 Å². The van der Waals surface area contributed by atoms with E-state index in [0.29, 0.717) is 31.6 Å². The predicted molar refractivity (Wildman–Crippen MR) is 142 cm³/mol. The lowest BCUT2D eigenvalue weighted by Gasteiger charge is -2.23. The lowest BCUT2D eigenvalue weighted by atomic mass is 9.99. The molecule has 37 heavy (non-hydrogen) atoms. The van der Waals surface area contributed by atoms with Gasteiger partial charge in [-0.05, 0) is 42.0 Å². The number of nitrogens with zero attached hydrogens (tertiary/aromatic N) is 5. The van der Waals surface area contributed by atoms with Crippen LogP contribution in [0.5, 0.6) is 5.88 Å². The Kier molecular flexibility index (Phi) is 6.65. The molecule has 0 unspecified atom stereocenters. The fourth-order valence-electron chi connectivity index (χ4n) is 5.22. The van der Waals surface area contributed by atoms with Gasteiger partial charge in [-0.15, -0.1) is 0 Å². The number of amides is 1. The van der Waals surface area contributed by atoms with Crippen LogP contribution in [0.3, 0.4) is 0 Å². The van der Waals surface area contributed by atoms with E-state index in [1.54, 1.807) is 33.5 Å². The predicted octanol–water partition coefficient (Wildman–Crippen LogP) is 4.09. The van der Waals surface area contributed by atoms with Crippen molar-refractivity contribution in [1.82, 2.24) is 24.2 Å². The molecule has 8 heteroatoms. The maximum atomic E-state index is 13.7. The Morgan fingerprint density at radius 1 is 1.03 bits per heavy atom. The first-order chi connectivity index (χ1) is 17.9. The number of aromatic hydroxyl groups is 1. The van der Waals surface area contributed by atoms with Crippen LogP contribution in [0, 0.1) is 0 Å². The van der Waals surface area contributed by atoms with Gasteiger partial charge in [0.05, 0.1) is 5.69 Å². The smallest absolute Gasteiger partial charge is 0.290 e. The average molecular weight is 498 g/mol. The van der Waals surface area contributed by atoms with Crippen LogP contribution in [0.1, 0.15) is 53.2 Å². The van der Waals surface area contributed by atoms with E-state index in [0.717, 1.165) is 28.8 Å². The lowest BCUT2D eigenvalue weighted by molar-refractivity contribution is 0.0784. The van der Waals surface area contributed by atoms with Gasteiger partial charge in [0.25, 0.3) is 11.5 Å². The number of carbonyl (C=O) groups excluding carboxylic acids is 1. The molecule has 8 nitrogen and oxygen atoms in total. The highest BCUT2D eigenvalue weighted by molar-refractivity contribution is 5.96. The number of benzene rings is 2. The second-order valence-corrected chi connectivity index (χ2v) is 9.43. The third-order valence-corrected chi connectivity index (χ3v) is 7.16. The van der Waals surface area contributed by atoms with Crippen molar-refractivity contribution in [2.24, 2.45) is 7.05 Å². The Morgan fingerprint density at radius 3 is 2.35 bits per heavy atom. The van der Waals surface area contributed by atoms with E-state index >= 15 is 0 Å². The Bertz CT molecular complexity index is 1480. The number of para-hydroxylation sites is 1. The molecule has 0 spiro atoms. The molecule has 1 atom stereocenters. The highest BCUT2D eigenvalue weighted by atomic mass is 16.3. The Labute approximate surface area is 215 Å². The molecule has 2 aromatic heterocycles. The summed E-state index contributed by atoms with van der Waals surface area (Å²) < 4.78 is 3.15. The van der Waals surface area contributed by atoms with Crippen LogP contribution in [-0.2, 0) is 19.9 Å². The zero-order chi connectivity index (χ0) is 26.1. The highest BCUT2D eigenvalue weighted by Gasteiger charge is 2.33. The fourth-order valence-corrected chi connectivity index (χ4v) is 5.22. The van der Waals surface area contributed by atoms with E-state index < -0.39 is 17.3 Å². The van der Waals surface area contributed by atoms with Gasteiger partial charge in [0.15, 0.2) is 11.4 Å². The number of hydrogen-bond donors (Lipinski definition) is 1. The Morgan fingerprint density at radius 2 is 1.73 bits per heavy atom. The average Bonchev–Trinajstić information content (AvgIpc) is 3.58. The SMILES string of the molecule is CCc1cccc(CC)c1-n1c(-c2ccn(C)n2)nc(=O)c(C(=O)N2CC[C@H](c3ccccc3)C2)c1O. The molecule has 1 N–H and O–H groups in total. The lowest BCUT2D eigenvalue weighted by Crippen LogP contribution is -2.34. The van der Waals surface area contributed by atoms with Gasteiger partial charge in [-0.2, -0.15) is 10.1 Å². The van der Waals surface area contributed by atoms with Crippen molar-refractivity contribution in [3.05, 3.63) is 93.4 Å². The molecule has 1 aliphatic rings. The van der Waals surface area contributed by atoms with E-state index in [9.17, 15) is 14.7 Å². The Balaban J connectivity index is 1.66. The number of aromatic nitrogens is 4. The molecule has 0 radical (unpaired) electrons. The van der Waals surface area contributed by atoms with Gasteiger partial charge in [-0.25, -0.2) is 0 Å². The van der Waals surface area contributed by atoms with Crippen molar-refractivity contribution < 1.29 is 9.90 Å². The minimum atomic E-state index is -0.755. The topological polar surface area (TPSA) is 93.2 Å². The summed E-state index contributed by atoms with van der Waals surface area (Å²) in [6, 6.07) is 17.7. The molecule has 1 amide bonds. The number of aryl methyl sites for hydroxylation is 3. The maximum absolute atomic E-state index is 13.7. The first-order valence-corrected chi connectivity index (χ1v) is 12.7. The van der Waals surface area contributed by atoms with Crippen LogP contribution >= 0.6 is 0 Å². The molecule has 3 heterocycles. The van der Waals surface area contributed by atoms with E-state index in [-0.39, 0.29) is 17.3 Å². The summed E-state index contributed by atoms with van der Waals surface area (Å²) >= 11 is 0. The molecule has 5 rings (SSSR count). The fraction of sp³-hybridized carbons (Fsp3) is 0.310. The van der Waals surface area contributed by atoms with Crippen LogP contribution in [0.25, 0.3) is 17.2 Å². The molecular formula is C29H31N5O3. The second kappa shape index (κ2) is 10.0. The summed E-state index contributed by atoms with van der Waals surface area (Å²) in [6.07, 6.45) is 3.94. The molecule has 190 valence electrons. The summed E-state index contributed by atoms with van der Waals surface area (Å²) in [4.78, 5) is 33.0. The van der Waals surface area contributed by atoms with Crippen LogP contribution in [0.2, 0.25) is 0 Å². The first-order valence-electron chi connectivity index (χ1n) is 12.7. The first kappa shape index (κ1) is 24.5. The minimum absolute atomic E-state index is 0.183. The standard InChI is InChI=1S/C29H31N5O3/c1-4-19-12-9-13-20(5-2)25(19)34-26(23-15-16-32(3)31-23)30-27(35)24(29(34)37)28(36)33-17-14-22(18-33)21-10-7-6-8-11-21/h6-13,15-16,22,37H,4-5,14,17-18H2,1-3H3/t22-/m0/s1. The number of likely N-dealkylation sites (tertiary alicyclic amines) is 1. The van der Waals surface area contributed by atoms with Crippen LogP contribution in [0.15, 0.2) is 65.6 Å². The van der Waals surface area contributed by atoms with Gasteiger partial charge in [0.1, 0.15) is 5.69 Å². The summed E-state index contributed by atoms with van der Waals surface area (Å²) in [5.41, 5.74) is 3.22. The monoisotopic (exact) mass is 497 g/mol. The molecule has 1 fully saturated rings. The van der Waals surface area contributed by atoms with Gasteiger partial charge < -0.3 is 10.0 Å². The normalized spacial score (nSPS) is 15.3. The zero-order valence-electron chi connectivity index (χ0n) is 21.4. The second-order valence-electron chi connectivity index (χ2n) is 9.43. The van der Waals surface area contributed by atoms with Gasteiger partial charge >= 0.3 is 0 Å². The van der Waals surface area contributed by atoms with E-state index in [4.69, 9.17) is 0 Å². The van der Waals surface area contributed by atoms with Gasteiger partial charge in [0.2, 0.25) is 5.88 Å². The van der Waals surface area contributed by atoms with E-state index in [1.807, 2.05) is 50.2 Å². The van der Waals surface area contributed by atoms with Crippen molar-refractivity contribution in [3.63, 3.8) is 0 Å². The largest absolute Gasteiger partial charge is 0.493 e. The van der Waals surface area contributed by atoms with Crippen LogP contribution in [0.4, 0.5) is 0 Å². The highest BCUT2D eigenvalue weighted by Crippen LogP contribution is 2.33. The van der Waals surface area contributed by atoms with Crippen LogP contribution in [-0.4, -0.2) is 48.3 Å². The van der Waals surface area contributed by atoms with Crippen molar-refractivity contribution >= 4 is 5.91 Å². The molecule has 0 bridgehead atoms. The molecular weight excluding hydrogens is 466 g/mol. The Hall–Kier alpha value is -4.20. The summed E-state index contributed by atoms with van der Waals surface area (Å²) in [6.45, 7) is 5.05. The molecule has 1 saturated heterocycles. The third-order valence-electron chi connectivity index (χ3n) is 7.16. The third kappa shape index (κ3) is 4.43. The summed E-state index contributed by atoms with van der Waals surface area (Å²) in [5, 5.41) is 16.1. The van der Waals surface area contributed by atoms with Gasteiger partial charge in [0, 0.05) is 32.3 Å². The minimum Gasteiger partial charge on any atom is -0.493 e. The number of carbonyl (C=O) groups is 1. The van der Waals surface area contributed by atoms with Crippen molar-refractivity contribution in [2.45, 2.75) is 39.0 Å². The van der Waals surface area contributed by atoms with Crippen molar-refractivity contribution in [3.8, 4) is 23.1 Å². The molecule has 0 aliphatic carbocycles. The number of hydrogen-bond acceptors (Lipinski definition) is 5. The van der Waals surface area contributed by atoms with Gasteiger partial charge in [-0.3, -0.25) is 18.8 Å². The quantitative estimate of drug-likeness (QED) is 0.433. The van der Waals surface area contributed by atoms with Crippen LogP contribution < -0.4 is 5.56 Å². The summed E-state index contributed by atoms with van der Waals surface area (Å²) in [5.74, 6) is -0.507. The molecule has 2 aromatic carbocycles. The van der Waals surface area contributed by atoms with E-state index in [1.165, 1.54) is 0 Å². The zero-order valence-corrected chi connectivity index (χ0v) is 21.4. The maximum Gasteiger partial charge on any atom is 0.290 e. The van der Waals surface area contributed by atoms with Gasteiger partial charge in [-0.1, -0.05) is 62.4 Å².